The Morgan fingerprint density at radius 2 is 1.94 bits per heavy atom. The van der Waals surface area contributed by atoms with Crippen LogP contribution in [0, 0.1) is 6.92 Å². The van der Waals surface area contributed by atoms with E-state index in [1.807, 2.05) is 25.1 Å². The number of aryl methyl sites for hydroxylation is 3. The van der Waals surface area contributed by atoms with Gasteiger partial charge in [-0.3, -0.25) is 0 Å². The Bertz CT molecular complexity index is 540. The molecule has 1 N–H and O–H groups in total. The molecule has 3 rings (SSSR count). The second-order valence-corrected chi connectivity index (χ2v) is 4.73. The molecular formula is C15H16O2. The predicted octanol–water partition coefficient (Wildman–Crippen LogP) is 3.16. The highest BCUT2D eigenvalue weighted by Gasteiger charge is 2.17. The number of aliphatic hydroxyl groups is 1. The molecule has 1 aromatic carbocycles. The van der Waals surface area contributed by atoms with Crippen molar-refractivity contribution in [1.82, 2.24) is 0 Å². The molecule has 0 fully saturated rings. The Balaban J connectivity index is 1.94. The molecule has 1 heterocycles. The lowest BCUT2D eigenvalue weighted by molar-refractivity contribution is 0.187. The van der Waals surface area contributed by atoms with Gasteiger partial charge < -0.3 is 9.52 Å². The number of aliphatic hydroxyl groups excluding tert-OH is 1. The number of fused-ring (bicyclic) bond motifs is 1. The first kappa shape index (κ1) is 10.6. The molecule has 0 spiro atoms. The van der Waals surface area contributed by atoms with Crippen LogP contribution < -0.4 is 0 Å². The molecule has 1 atom stereocenters. The largest absolute Gasteiger partial charge is 0.463 e. The van der Waals surface area contributed by atoms with E-state index in [0.717, 1.165) is 17.7 Å². The lowest BCUT2D eigenvalue weighted by atomic mass is 10.0. The standard InChI is InChI=1S/C15H16O2/c1-10-5-8-14(17-10)15(16)13-7-6-11-3-2-4-12(11)9-13/h5-9,15-16H,2-4H2,1H3. The van der Waals surface area contributed by atoms with E-state index in [0.29, 0.717) is 5.76 Å². The van der Waals surface area contributed by atoms with Gasteiger partial charge in [0.25, 0.3) is 0 Å². The van der Waals surface area contributed by atoms with Crippen LogP contribution in [0.15, 0.2) is 34.7 Å². The van der Waals surface area contributed by atoms with Crippen molar-refractivity contribution in [2.75, 3.05) is 0 Å². The summed E-state index contributed by atoms with van der Waals surface area (Å²) < 4.78 is 5.47. The van der Waals surface area contributed by atoms with E-state index in [1.165, 1.54) is 24.0 Å². The molecule has 88 valence electrons. The van der Waals surface area contributed by atoms with Crippen LogP contribution in [0.3, 0.4) is 0 Å². The van der Waals surface area contributed by atoms with E-state index in [9.17, 15) is 5.11 Å². The lowest BCUT2D eigenvalue weighted by Crippen LogP contribution is -1.99. The summed E-state index contributed by atoms with van der Waals surface area (Å²) in [4.78, 5) is 0. The third-order valence-corrected chi connectivity index (χ3v) is 3.47. The van der Waals surface area contributed by atoms with Crippen molar-refractivity contribution in [3.8, 4) is 0 Å². The summed E-state index contributed by atoms with van der Waals surface area (Å²) in [6.07, 6.45) is 2.89. The molecule has 17 heavy (non-hydrogen) atoms. The maximum absolute atomic E-state index is 10.2. The number of hydrogen-bond donors (Lipinski definition) is 1. The molecule has 1 unspecified atom stereocenters. The zero-order valence-corrected chi connectivity index (χ0v) is 9.94. The third-order valence-electron chi connectivity index (χ3n) is 3.47. The normalized spacial score (nSPS) is 15.9. The fourth-order valence-corrected chi connectivity index (χ4v) is 2.53. The van der Waals surface area contributed by atoms with Crippen molar-refractivity contribution in [2.24, 2.45) is 0 Å². The first-order valence-corrected chi connectivity index (χ1v) is 6.10. The molecule has 0 aliphatic heterocycles. The van der Waals surface area contributed by atoms with Gasteiger partial charge in [-0.1, -0.05) is 18.2 Å². The topological polar surface area (TPSA) is 33.4 Å². The minimum absolute atomic E-state index is 0.625. The van der Waals surface area contributed by atoms with Gasteiger partial charge in [-0.2, -0.15) is 0 Å². The Kier molecular flexibility index (Phi) is 2.52. The molecule has 2 aromatic rings. The number of hydrogen-bond acceptors (Lipinski definition) is 2. The molecule has 1 aliphatic rings. The van der Waals surface area contributed by atoms with Gasteiger partial charge in [0.15, 0.2) is 0 Å². The van der Waals surface area contributed by atoms with Crippen molar-refractivity contribution in [3.63, 3.8) is 0 Å². The summed E-state index contributed by atoms with van der Waals surface area (Å²) in [5.74, 6) is 1.46. The van der Waals surface area contributed by atoms with Crippen molar-refractivity contribution in [3.05, 3.63) is 58.5 Å². The smallest absolute Gasteiger partial charge is 0.137 e. The minimum atomic E-state index is -0.644. The van der Waals surface area contributed by atoms with Crippen LogP contribution in [0.2, 0.25) is 0 Å². The van der Waals surface area contributed by atoms with E-state index in [1.54, 1.807) is 0 Å². The average molecular weight is 228 g/mol. The van der Waals surface area contributed by atoms with Gasteiger partial charge in [0.2, 0.25) is 0 Å². The second-order valence-electron chi connectivity index (χ2n) is 4.73. The predicted molar refractivity (Wildman–Crippen MR) is 66.0 cm³/mol. The molecule has 0 bridgehead atoms. The first-order valence-electron chi connectivity index (χ1n) is 6.10. The summed E-state index contributed by atoms with van der Waals surface area (Å²) in [7, 11) is 0. The molecular weight excluding hydrogens is 212 g/mol. The molecule has 2 nitrogen and oxygen atoms in total. The summed E-state index contributed by atoms with van der Waals surface area (Å²) in [6.45, 7) is 1.89. The molecule has 1 aromatic heterocycles. The zero-order chi connectivity index (χ0) is 11.8. The van der Waals surface area contributed by atoms with Gasteiger partial charge in [-0.15, -0.1) is 0 Å². The minimum Gasteiger partial charge on any atom is -0.463 e. The van der Waals surface area contributed by atoms with Crippen LogP contribution in [0.1, 0.15) is 40.7 Å². The van der Waals surface area contributed by atoms with Crippen molar-refractivity contribution < 1.29 is 9.52 Å². The quantitative estimate of drug-likeness (QED) is 0.856. The van der Waals surface area contributed by atoms with Crippen molar-refractivity contribution in [1.29, 1.82) is 0 Å². The fraction of sp³-hybridized carbons (Fsp3) is 0.333. The summed E-state index contributed by atoms with van der Waals surface area (Å²) in [6, 6.07) is 9.98. The van der Waals surface area contributed by atoms with Crippen LogP contribution in [0.5, 0.6) is 0 Å². The van der Waals surface area contributed by atoms with E-state index in [2.05, 4.69) is 12.1 Å². The highest BCUT2D eigenvalue weighted by Crippen LogP contribution is 2.29. The van der Waals surface area contributed by atoms with Gasteiger partial charge in [0.1, 0.15) is 17.6 Å². The van der Waals surface area contributed by atoms with Gasteiger partial charge in [0.05, 0.1) is 0 Å². The van der Waals surface area contributed by atoms with E-state index in [-0.39, 0.29) is 0 Å². The molecule has 0 saturated heterocycles. The monoisotopic (exact) mass is 228 g/mol. The van der Waals surface area contributed by atoms with Crippen LogP contribution in [0.25, 0.3) is 0 Å². The fourth-order valence-electron chi connectivity index (χ4n) is 2.53. The van der Waals surface area contributed by atoms with Crippen molar-refractivity contribution in [2.45, 2.75) is 32.3 Å². The van der Waals surface area contributed by atoms with Crippen LogP contribution in [0.4, 0.5) is 0 Å². The first-order chi connectivity index (χ1) is 8.24. The number of rotatable bonds is 2. The van der Waals surface area contributed by atoms with Crippen LogP contribution >= 0.6 is 0 Å². The molecule has 0 radical (unpaired) electrons. The Hall–Kier alpha value is -1.54. The Morgan fingerprint density at radius 1 is 1.12 bits per heavy atom. The SMILES string of the molecule is Cc1ccc(C(O)c2ccc3c(c2)CCC3)o1. The summed E-state index contributed by atoms with van der Waals surface area (Å²) >= 11 is 0. The van der Waals surface area contributed by atoms with Crippen LogP contribution in [-0.4, -0.2) is 5.11 Å². The van der Waals surface area contributed by atoms with E-state index >= 15 is 0 Å². The Morgan fingerprint density at radius 3 is 2.71 bits per heavy atom. The van der Waals surface area contributed by atoms with Gasteiger partial charge in [0, 0.05) is 0 Å². The highest BCUT2D eigenvalue weighted by molar-refractivity contribution is 5.37. The molecule has 0 saturated carbocycles. The lowest BCUT2D eigenvalue weighted by Gasteiger charge is -2.10. The maximum atomic E-state index is 10.2. The molecule has 1 aliphatic carbocycles. The van der Waals surface area contributed by atoms with Gasteiger partial charge in [-0.05, 0) is 55.0 Å². The van der Waals surface area contributed by atoms with E-state index < -0.39 is 6.10 Å². The zero-order valence-electron chi connectivity index (χ0n) is 9.94. The van der Waals surface area contributed by atoms with Crippen molar-refractivity contribution >= 4 is 0 Å². The molecule has 2 heteroatoms. The maximum Gasteiger partial charge on any atom is 0.137 e. The highest BCUT2D eigenvalue weighted by atomic mass is 16.4. The summed E-state index contributed by atoms with van der Waals surface area (Å²) in [5.41, 5.74) is 3.74. The number of furan rings is 1. The van der Waals surface area contributed by atoms with E-state index in [4.69, 9.17) is 4.42 Å². The Labute approximate surface area is 101 Å². The second kappa shape index (κ2) is 4.04. The molecule has 0 amide bonds. The third kappa shape index (κ3) is 1.89. The van der Waals surface area contributed by atoms with Gasteiger partial charge in [-0.25, -0.2) is 0 Å². The van der Waals surface area contributed by atoms with Gasteiger partial charge >= 0.3 is 0 Å². The van der Waals surface area contributed by atoms with Crippen LogP contribution in [-0.2, 0) is 12.8 Å². The number of benzene rings is 1. The summed E-state index contributed by atoms with van der Waals surface area (Å²) in [5, 5.41) is 10.2. The average Bonchev–Trinajstić information content (AvgIpc) is 2.95.